The molecule has 2 aliphatic carbocycles. The van der Waals surface area contributed by atoms with Gasteiger partial charge in [-0.2, -0.15) is 17.2 Å². The van der Waals surface area contributed by atoms with E-state index in [-0.39, 0.29) is 101 Å². The number of hydroxylamine groups is 1. The lowest BCUT2D eigenvalue weighted by Crippen LogP contribution is -2.65. The number of aliphatic hydroxyl groups excluding tert-OH is 3. The van der Waals surface area contributed by atoms with Crippen molar-refractivity contribution in [3.8, 4) is 35.2 Å². The standard InChI is InChI=1S/C60H82N4O21S4/c1-29(2)61-38-28-78-45(27-42(38)74-8)83-54-52(68)49(64-85-47-26-40(66)55(86-12)32(5)80-47)30(3)81-58(54)82-41-18-16-14-15-17-20-60(72)36(19-21-88-89-87-13)48(41)50(63-59(71)77-11)53(69)56(60)84-46-23-34(51(67)31(4)79-46)22-39(65)35-24-43(75-9)44(76-10)25-37(35)62-57(70)33(6)73-7/h14-15,19,24-25,29-32,34,38,40-42,45-47,49,51-52,54-56,58,61,64,66-68,72H,6,21-23,26-28H2,1-5,7-13H3,(H,62,70)(H,63,71)/t30-,31+,32-,34+,38+,40+,41+,42+,45+,46+,47+,49-,51+,52+,54-,55-,56-,58+,60-/m1/s1. The van der Waals surface area contributed by atoms with E-state index in [1.165, 1.54) is 88.8 Å². The SMILES string of the molecule is C=C(OC)C(=O)Nc1cc(OC)c(OC)cc1C(=O)C[C@H]1C[C@H](O[C@@H]2C(=O)C(NC(=O)OC)=C3C(=CCSSSC)[C@]2(O)C#CC=CC#C[C@@H]3O[C@@H]2O[C@H](C)[C@@H](NO[C@H]3C[C@H](O)[C@H](SC)[C@@H](C)O3)[C@H](O)[C@H]2O[C@H]2C[C@H](OC)[C@@H](NC(C)C)CO2)O[C@@H](C)[C@@H]1O. The van der Waals surface area contributed by atoms with E-state index in [9.17, 15) is 34.8 Å². The van der Waals surface area contributed by atoms with Gasteiger partial charge in [-0.15, -0.1) is 0 Å². The van der Waals surface area contributed by atoms with Crippen molar-refractivity contribution in [2.75, 3.05) is 65.7 Å². The lowest BCUT2D eigenvalue weighted by atomic mass is 9.73. The Morgan fingerprint density at radius 2 is 1.58 bits per heavy atom. The Balaban J connectivity index is 1.27. The lowest BCUT2D eigenvalue weighted by Gasteiger charge is -2.47. The van der Waals surface area contributed by atoms with E-state index in [1.54, 1.807) is 27.0 Å². The molecule has 4 heterocycles. The number of ketones is 2. The van der Waals surface area contributed by atoms with Crippen LogP contribution in [0.5, 0.6) is 11.5 Å². The van der Waals surface area contributed by atoms with Crippen molar-refractivity contribution < 1.29 is 101 Å². The minimum absolute atomic E-state index is 0.0140. The van der Waals surface area contributed by atoms with Gasteiger partial charge in [0.2, 0.25) is 5.78 Å². The average molecular weight is 1320 g/mol. The monoisotopic (exact) mass is 1320 g/mol. The van der Waals surface area contributed by atoms with Gasteiger partial charge >= 0.3 is 6.09 Å². The number of anilines is 1. The fourth-order valence-corrected chi connectivity index (χ4v) is 14.5. The molecule has 19 atom stereocenters. The largest absolute Gasteiger partial charge is 0.493 e. The van der Waals surface area contributed by atoms with Gasteiger partial charge in [0.05, 0.1) is 100 Å². The summed E-state index contributed by atoms with van der Waals surface area (Å²) >= 11 is 1.48. The predicted molar refractivity (Wildman–Crippen MR) is 333 cm³/mol. The molecule has 4 fully saturated rings. The smallest absolute Gasteiger partial charge is 0.411 e. The summed E-state index contributed by atoms with van der Waals surface area (Å²) in [6.07, 6.45) is -9.70. The summed E-state index contributed by atoms with van der Waals surface area (Å²) in [5, 5.41) is 57.1. The number of alkyl carbamates (subject to hydrolysis) is 1. The summed E-state index contributed by atoms with van der Waals surface area (Å²) in [6.45, 7) is 12.8. The molecule has 8 N–H and O–H groups in total. The van der Waals surface area contributed by atoms with Crippen molar-refractivity contribution in [1.82, 2.24) is 16.1 Å². The van der Waals surface area contributed by atoms with Crippen molar-refractivity contribution >= 4 is 72.4 Å². The van der Waals surface area contributed by atoms with E-state index in [0.717, 1.165) is 7.11 Å². The molecule has 1 aromatic rings. The Labute approximate surface area is 534 Å². The lowest BCUT2D eigenvalue weighted by molar-refractivity contribution is -0.336. The molecule has 0 saturated carbocycles. The maximum Gasteiger partial charge on any atom is 0.411 e. The third kappa shape index (κ3) is 17.6. The highest BCUT2D eigenvalue weighted by Crippen LogP contribution is 2.45. The van der Waals surface area contributed by atoms with Crippen LogP contribution in [0.3, 0.4) is 0 Å². The van der Waals surface area contributed by atoms with Crippen molar-refractivity contribution in [2.45, 2.75) is 175 Å². The first kappa shape index (κ1) is 72.0. The van der Waals surface area contributed by atoms with Gasteiger partial charge in [0.1, 0.15) is 18.3 Å². The first-order valence-corrected chi connectivity index (χ1v) is 34.1. The number of hydrogen-bond acceptors (Lipinski definition) is 27. The minimum atomic E-state index is -2.62. The highest BCUT2D eigenvalue weighted by Gasteiger charge is 2.57. The van der Waals surface area contributed by atoms with Crippen LogP contribution in [0.15, 0.2) is 59.5 Å². The van der Waals surface area contributed by atoms with Gasteiger partial charge < -0.3 is 87.9 Å². The zero-order chi connectivity index (χ0) is 64.9. The number of aliphatic hydroxyl groups is 4. The van der Waals surface area contributed by atoms with E-state index in [4.69, 9.17) is 61.7 Å². The first-order chi connectivity index (χ1) is 42.5. The third-order valence-corrected chi connectivity index (χ3v) is 20.7. The Kier molecular flexibility index (Phi) is 27.0. The summed E-state index contributed by atoms with van der Waals surface area (Å²) in [4.78, 5) is 62.8. The molecule has 29 heteroatoms. The number of nitrogens with one attached hydrogen (secondary N) is 4. The third-order valence-electron chi connectivity index (χ3n) is 15.7. The number of Topliss-reactive ketones (excluding diaryl/α,β-unsaturated/α-hetero) is 2. The second kappa shape index (κ2) is 33.4. The first-order valence-electron chi connectivity index (χ1n) is 28.8. The van der Waals surface area contributed by atoms with Gasteiger partial charge in [-0.25, -0.2) is 4.79 Å². The van der Waals surface area contributed by atoms with Crippen LogP contribution < -0.4 is 30.9 Å². The van der Waals surface area contributed by atoms with Gasteiger partial charge in [0.25, 0.3) is 5.91 Å². The van der Waals surface area contributed by atoms with E-state index in [1.807, 2.05) is 33.3 Å². The number of ether oxygens (including phenoxy) is 12. The van der Waals surface area contributed by atoms with E-state index in [0.29, 0.717) is 0 Å². The number of benzene rings is 1. The van der Waals surface area contributed by atoms with Crippen LogP contribution in [-0.4, -0.2) is 220 Å². The molecule has 7 rings (SSSR count). The summed E-state index contributed by atoms with van der Waals surface area (Å²) in [7, 11) is 10.9. The minimum Gasteiger partial charge on any atom is -0.493 e. The molecule has 2 amide bonds. The van der Waals surface area contributed by atoms with Crippen LogP contribution in [0.1, 0.15) is 70.7 Å². The quantitative estimate of drug-likeness (QED) is 0.0123. The number of rotatable bonds is 26. The molecular formula is C60H82N4O21S4. The zero-order valence-electron chi connectivity index (χ0n) is 51.7. The second-order valence-corrected chi connectivity index (χ2v) is 27.2. The number of carbonyl (C=O) groups excluding carboxylic acids is 4. The van der Waals surface area contributed by atoms with Crippen molar-refractivity contribution in [1.29, 1.82) is 0 Å². The molecule has 89 heavy (non-hydrogen) atoms. The van der Waals surface area contributed by atoms with Crippen LogP contribution in [0, 0.1) is 29.6 Å². The van der Waals surface area contributed by atoms with Crippen LogP contribution in [0.2, 0.25) is 0 Å². The Morgan fingerprint density at radius 1 is 0.865 bits per heavy atom. The topological polar surface area (TPSA) is 317 Å². The van der Waals surface area contributed by atoms with Gasteiger partial charge in [-0.05, 0) is 67.2 Å². The van der Waals surface area contributed by atoms with Crippen molar-refractivity contribution in [3.05, 3.63) is 65.1 Å². The number of hydrogen-bond donors (Lipinski definition) is 8. The molecule has 1 aromatic carbocycles. The van der Waals surface area contributed by atoms with Gasteiger partial charge in [0, 0.05) is 67.4 Å². The van der Waals surface area contributed by atoms with E-state index < -0.39 is 127 Å². The molecule has 2 bridgehead atoms. The number of thioether (sulfide) groups is 1. The Bertz CT molecular complexity index is 2890. The number of allylic oxidation sites excluding steroid dienone is 2. The summed E-state index contributed by atoms with van der Waals surface area (Å²) in [5.41, 5.74) is -0.466. The second-order valence-electron chi connectivity index (χ2n) is 21.9. The predicted octanol–water partition coefficient (Wildman–Crippen LogP) is 4.08. The summed E-state index contributed by atoms with van der Waals surface area (Å²) in [5.74, 6) is 8.54. The molecule has 0 radical (unpaired) electrons. The molecule has 4 aliphatic heterocycles. The zero-order valence-corrected chi connectivity index (χ0v) is 54.9. The van der Waals surface area contributed by atoms with Gasteiger partial charge in [-0.1, -0.05) is 71.8 Å². The van der Waals surface area contributed by atoms with Crippen LogP contribution in [0.4, 0.5) is 10.5 Å². The Hall–Kier alpha value is -4.42. The highest BCUT2D eigenvalue weighted by molar-refractivity contribution is 9.09. The molecular weight excluding hydrogens is 1240 g/mol. The summed E-state index contributed by atoms with van der Waals surface area (Å²) in [6, 6.07) is 1.61. The van der Waals surface area contributed by atoms with Gasteiger partial charge in [-0.3, -0.25) is 24.5 Å². The number of fused-ring (bicyclic) bond motifs is 2. The van der Waals surface area contributed by atoms with Crippen molar-refractivity contribution in [3.63, 3.8) is 0 Å². The van der Waals surface area contributed by atoms with Crippen molar-refractivity contribution in [2.24, 2.45) is 5.92 Å². The molecule has 6 aliphatic rings. The average Bonchev–Trinajstić information content (AvgIpc) is 0.971. The number of carbonyl (C=O) groups is 4. The van der Waals surface area contributed by atoms with Crippen LogP contribution in [-0.2, 0) is 61.8 Å². The van der Waals surface area contributed by atoms with Crippen LogP contribution >= 0.6 is 43.2 Å². The molecule has 0 spiro atoms. The maximum absolute atomic E-state index is 15.6. The summed E-state index contributed by atoms with van der Waals surface area (Å²) < 4.78 is 72.3. The van der Waals surface area contributed by atoms with Gasteiger partial charge in [0.15, 0.2) is 59.9 Å². The molecule has 0 aromatic heterocycles. The maximum atomic E-state index is 15.6. The molecule has 0 unspecified atom stereocenters. The molecule has 25 nitrogen and oxygen atoms in total. The van der Waals surface area contributed by atoms with E-state index in [2.05, 4.69) is 51.7 Å². The molecule has 4 saturated heterocycles. The molecule has 492 valence electrons. The fourth-order valence-electron chi connectivity index (χ4n) is 11.2. The Morgan fingerprint density at radius 3 is 2.25 bits per heavy atom. The normalized spacial score (nSPS) is 34.1. The van der Waals surface area contributed by atoms with Crippen LogP contribution in [0.25, 0.3) is 0 Å². The number of amides is 2. The fraction of sp³-hybridized carbons (Fsp3) is 0.633. The highest BCUT2D eigenvalue weighted by atomic mass is 33.5. The van der Waals surface area contributed by atoms with E-state index >= 15 is 4.79 Å². The number of methoxy groups -OCH3 is 5.